The second-order valence-electron chi connectivity index (χ2n) is 4.50. The summed E-state index contributed by atoms with van der Waals surface area (Å²) in [6, 6.07) is 0.929. The van der Waals surface area contributed by atoms with Crippen molar-refractivity contribution >= 4 is 0 Å². The summed E-state index contributed by atoms with van der Waals surface area (Å²) in [6.07, 6.45) is 4.24. The van der Waals surface area contributed by atoms with Crippen molar-refractivity contribution in [2.24, 2.45) is 5.92 Å². The van der Waals surface area contributed by atoms with E-state index in [0.29, 0.717) is 0 Å². The van der Waals surface area contributed by atoms with Gasteiger partial charge in [-0.05, 0) is 52.4 Å². The van der Waals surface area contributed by atoms with E-state index >= 15 is 0 Å². The van der Waals surface area contributed by atoms with Crippen LogP contribution in [0.1, 0.15) is 19.3 Å². The van der Waals surface area contributed by atoms with Crippen LogP contribution < -0.4 is 0 Å². The van der Waals surface area contributed by atoms with Gasteiger partial charge in [0, 0.05) is 12.6 Å². The number of hydrogen-bond donors (Lipinski definition) is 0. The summed E-state index contributed by atoms with van der Waals surface area (Å²) in [7, 11) is 4.52. The van der Waals surface area contributed by atoms with Crippen molar-refractivity contribution in [3.05, 3.63) is 0 Å². The monoisotopic (exact) mass is 168 g/mol. The molecule has 0 radical (unpaired) electrons. The Bertz CT molecular complexity index is 156. The van der Waals surface area contributed by atoms with Crippen molar-refractivity contribution < 1.29 is 0 Å². The summed E-state index contributed by atoms with van der Waals surface area (Å²) in [5.74, 6) is 1.01. The number of nitrogens with zero attached hydrogens (tertiary/aromatic N) is 2. The lowest BCUT2D eigenvalue weighted by molar-refractivity contribution is 0.0132. The van der Waals surface area contributed by atoms with E-state index in [0.717, 1.165) is 12.0 Å². The third-order valence-electron chi connectivity index (χ3n) is 3.55. The molecule has 0 amide bonds. The number of hydrogen-bond acceptors (Lipinski definition) is 2. The van der Waals surface area contributed by atoms with Gasteiger partial charge in [0.1, 0.15) is 0 Å². The van der Waals surface area contributed by atoms with E-state index in [1.165, 1.54) is 38.9 Å². The molecule has 2 atom stereocenters. The van der Waals surface area contributed by atoms with Crippen molar-refractivity contribution in [1.29, 1.82) is 0 Å². The molecule has 2 unspecified atom stereocenters. The van der Waals surface area contributed by atoms with Crippen LogP contribution in [0.25, 0.3) is 0 Å². The maximum Gasteiger partial charge on any atom is 0.0134 e. The van der Waals surface area contributed by atoms with Gasteiger partial charge in [-0.2, -0.15) is 0 Å². The fourth-order valence-electron chi connectivity index (χ4n) is 2.66. The van der Waals surface area contributed by atoms with Gasteiger partial charge in [-0.3, -0.25) is 0 Å². The number of rotatable bonds is 0. The predicted octanol–water partition coefficient (Wildman–Crippen LogP) is 1.03. The van der Waals surface area contributed by atoms with Gasteiger partial charge in [0.25, 0.3) is 0 Å². The SMILES string of the molecule is CN1CCCC2C(CC1)CN2C. The Morgan fingerprint density at radius 3 is 2.67 bits per heavy atom. The highest BCUT2D eigenvalue weighted by Crippen LogP contribution is 2.30. The molecule has 0 aromatic heterocycles. The Kier molecular flexibility index (Phi) is 2.37. The minimum Gasteiger partial charge on any atom is -0.306 e. The maximum atomic E-state index is 2.52. The largest absolute Gasteiger partial charge is 0.306 e. The molecule has 2 heteroatoms. The smallest absolute Gasteiger partial charge is 0.0134 e. The molecule has 0 aromatic rings. The first-order chi connectivity index (χ1) is 5.77. The molecule has 2 nitrogen and oxygen atoms in total. The Morgan fingerprint density at radius 1 is 1.08 bits per heavy atom. The maximum absolute atomic E-state index is 2.52. The third kappa shape index (κ3) is 1.50. The Balaban J connectivity index is 1.87. The fourth-order valence-corrected chi connectivity index (χ4v) is 2.66. The molecule has 0 bridgehead atoms. The quantitative estimate of drug-likeness (QED) is 0.533. The van der Waals surface area contributed by atoms with Gasteiger partial charge in [0.2, 0.25) is 0 Å². The van der Waals surface area contributed by atoms with Crippen LogP contribution in [0.15, 0.2) is 0 Å². The molecule has 0 saturated carbocycles. The zero-order chi connectivity index (χ0) is 8.55. The number of fused-ring (bicyclic) bond motifs is 1. The average molecular weight is 168 g/mol. The molecule has 0 aliphatic carbocycles. The van der Waals surface area contributed by atoms with E-state index in [1.54, 1.807) is 0 Å². The minimum absolute atomic E-state index is 0.929. The van der Waals surface area contributed by atoms with Gasteiger partial charge >= 0.3 is 0 Å². The van der Waals surface area contributed by atoms with Crippen LogP contribution in [0.5, 0.6) is 0 Å². The van der Waals surface area contributed by atoms with E-state index in [2.05, 4.69) is 23.9 Å². The number of likely N-dealkylation sites (tertiary alicyclic amines) is 2. The molecular weight excluding hydrogens is 148 g/mol. The van der Waals surface area contributed by atoms with Crippen LogP contribution >= 0.6 is 0 Å². The van der Waals surface area contributed by atoms with Gasteiger partial charge < -0.3 is 9.80 Å². The zero-order valence-corrected chi connectivity index (χ0v) is 8.29. The molecule has 0 spiro atoms. The molecular formula is C10H20N2. The van der Waals surface area contributed by atoms with Crippen molar-refractivity contribution in [2.75, 3.05) is 33.7 Å². The molecule has 2 saturated heterocycles. The summed E-state index contributed by atoms with van der Waals surface area (Å²) >= 11 is 0. The van der Waals surface area contributed by atoms with Crippen molar-refractivity contribution in [3.8, 4) is 0 Å². The Hall–Kier alpha value is -0.0800. The van der Waals surface area contributed by atoms with Gasteiger partial charge in [-0.25, -0.2) is 0 Å². The second-order valence-corrected chi connectivity index (χ2v) is 4.50. The average Bonchev–Trinajstić information content (AvgIpc) is 2.03. The van der Waals surface area contributed by atoms with Crippen LogP contribution in [0.4, 0.5) is 0 Å². The Labute approximate surface area is 75.5 Å². The summed E-state index contributed by atoms with van der Waals surface area (Å²) < 4.78 is 0. The molecule has 12 heavy (non-hydrogen) atoms. The third-order valence-corrected chi connectivity index (χ3v) is 3.55. The Morgan fingerprint density at radius 2 is 1.92 bits per heavy atom. The summed E-state index contributed by atoms with van der Waals surface area (Å²) in [6.45, 7) is 3.96. The first-order valence-corrected chi connectivity index (χ1v) is 5.16. The second kappa shape index (κ2) is 3.35. The molecule has 2 fully saturated rings. The lowest BCUT2D eigenvalue weighted by Gasteiger charge is -2.48. The van der Waals surface area contributed by atoms with E-state index in [9.17, 15) is 0 Å². The van der Waals surface area contributed by atoms with Crippen molar-refractivity contribution in [1.82, 2.24) is 9.80 Å². The first-order valence-electron chi connectivity index (χ1n) is 5.16. The van der Waals surface area contributed by atoms with Crippen LogP contribution in [-0.2, 0) is 0 Å². The van der Waals surface area contributed by atoms with Gasteiger partial charge in [0.05, 0.1) is 0 Å². The van der Waals surface area contributed by atoms with E-state index in [-0.39, 0.29) is 0 Å². The van der Waals surface area contributed by atoms with Crippen LogP contribution in [-0.4, -0.2) is 49.6 Å². The van der Waals surface area contributed by atoms with E-state index in [4.69, 9.17) is 0 Å². The molecule has 0 N–H and O–H groups in total. The lowest BCUT2D eigenvalue weighted by atomic mass is 9.82. The minimum atomic E-state index is 0.929. The van der Waals surface area contributed by atoms with Gasteiger partial charge in [0.15, 0.2) is 0 Å². The fraction of sp³-hybridized carbons (Fsp3) is 1.00. The zero-order valence-electron chi connectivity index (χ0n) is 8.29. The van der Waals surface area contributed by atoms with Crippen LogP contribution in [0.3, 0.4) is 0 Å². The summed E-state index contributed by atoms with van der Waals surface area (Å²) in [5, 5.41) is 0. The topological polar surface area (TPSA) is 6.48 Å². The highest BCUT2D eigenvalue weighted by Gasteiger charge is 2.35. The molecule has 70 valence electrons. The van der Waals surface area contributed by atoms with Crippen LogP contribution in [0.2, 0.25) is 0 Å². The van der Waals surface area contributed by atoms with Crippen molar-refractivity contribution in [2.45, 2.75) is 25.3 Å². The highest BCUT2D eigenvalue weighted by atomic mass is 15.2. The van der Waals surface area contributed by atoms with E-state index < -0.39 is 0 Å². The molecule has 2 aliphatic heterocycles. The molecule has 0 aromatic carbocycles. The van der Waals surface area contributed by atoms with Crippen LogP contribution in [0, 0.1) is 5.92 Å². The van der Waals surface area contributed by atoms with E-state index in [1.807, 2.05) is 0 Å². The highest BCUT2D eigenvalue weighted by molar-refractivity contribution is 4.90. The first kappa shape index (κ1) is 8.52. The molecule has 2 heterocycles. The summed E-state index contributed by atoms with van der Waals surface area (Å²) in [4.78, 5) is 5.00. The predicted molar refractivity (Wildman–Crippen MR) is 51.3 cm³/mol. The molecule has 2 rings (SSSR count). The standard InChI is InChI=1S/C10H20N2/c1-11-6-3-4-10-9(5-7-11)8-12(10)2/h9-10H,3-8H2,1-2H3. The normalized spacial score (nSPS) is 39.5. The lowest BCUT2D eigenvalue weighted by Crippen LogP contribution is -2.55. The molecule has 2 aliphatic rings. The van der Waals surface area contributed by atoms with Crippen molar-refractivity contribution in [3.63, 3.8) is 0 Å². The summed E-state index contributed by atoms with van der Waals surface area (Å²) in [5.41, 5.74) is 0. The van der Waals surface area contributed by atoms with Gasteiger partial charge in [-0.1, -0.05) is 0 Å². The van der Waals surface area contributed by atoms with Gasteiger partial charge in [-0.15, -0.1) is 0 Å².